The molecule has 19 heavy (non-hydrogen) atoms. The van der Waals surface area contributed by atoms with E-state index in [2.05, 4.69) is 0 Å². The second-order valence-electron chi connectivity index (χ2n) is 4.32. The maximum atomic E-state index is 8.82. The SMILES string of the molecule is Cc1ccc(OB(O)O)cc1-c1ccc(CN)cc1. The number of benzene rings is 2. The Labute approximate surface area is 112 Å². The highest BCUT2D eigenvalue weighted by Crippen LogP contribution is 2.28. The van der Waals surface area contributed by atoms with Crippen molar-refractivity contribution in [3.05, 3.63) is 53.6 Å². The first-order valence-electron chi connectivity index (χ1n) is 6.03. The molecular weight excluding hydrogens is 241 g/mol. The summed E-state index contributed by atoms with van der Waals surface area (Å²) in [6.07, 6.45) is 0. The Morgan fingerprint density at radius 1 is 1.11 bits per heavy atom. The second kappa shape index (κ2) is 5.88. The first-order chi connectivity index (χ1) is 9.10. The molecule has 2 aromatic carbocycles. The van der Waals surface area contributed by atoms with Crippen LogP contribution in [0.3, 0.4) is 0 Å². The summed E-state index contributed by atoms with van der Waals surface area (Å²) in [5, 5.41) is 17.6. The Balaban J connectivity index is 2.36. The molecule has 4 N–H and O–H groups in total. The molecule has 0 radical (unpaired) electrons. The molecule has 0 saturated carbocycles. The van der Waals surface area contributed by atoms with Gasteiger partial charge in [-0.2, -0.15) is 0 Å². The predicted molar refractivity (Wildman–Crippen MR) is 75.3 cm³/mol. The minimum absolute atomic E-state index is 0.415. The van der Waals surface area contributed by atoms with Gasteiger partial charge in [-0.05, 0) is 41.3 Å². The fourth-order valence-electron chi connectivity index (χ4n) is 1.93. The van der Waals surface area contributed by atoms with Crippen LogP contribution in [-0.2, 0) is 6.54 Å². The predicted octanol–water partition coefficient (Wildman–Crippen LogP) is 1.47. The lowest BCUT2D eigenvalue weighted by Gasteiger charge is -2.11. The van der Waals surface area contributed by atoms with E-state index in [1.165, 1.54) is 0 Å². The third-order valence-corrected chi connectivity index (χ3v) is 2.95. The van der Waals surface area contributed by atoms with E-state index in [0.29, 0.717) is 12.3 Å². The Morgan fingerprint density at radius 2 is 1.79 bits per heavy atom. The van der Waals surface area contributed by atoms with Gasteiger partial charge in [0.15, 0.2) is 0 Å². The van der Waals surface area contributed by atoms with Crippen LogP contribution in [0, 0.1) is 6.92 Å². The van der Waals surface area contributed by atoms with Crippen molar-refractivity contribution in [2.45, 2.75) is 13.5 Å². The zero-order chi connectivity index (χ0) is 13.8. The number of rotatable bonds is 4. The Hall–Kier alpha value is -1.82. The van der Waals surface area contributed by atoms with Crippen molar-refractivity contribution in [3.8, 4) is 16.9 Å². The van der Waals surface area contributed by atoms with E-state index in [1.54, 1.807) is 12.1 Å². The summed E-state index contributed by atoms with van der Waals surface area (Å²) in [6.45, 7) is 2.50. The van der Waals surface area contributed by atoms with Crippen molar-refractivity contribution >= 4 is 7.32 Å². The average Bonchev–Trinajstić information content (AvgIpc) is 2.40. The summed E-state index contributed by atoms with van der Waals surface area (Å²) in [7, 11) is -1.81. The monoisotopic (exact) mass is 257 g/mol. The highest BCUT2D eigenvalue weighted by molar-refractivity contribution is 6.33. The molecule has 0 aromatic heterocycles. The molecule has 0 heterocycles. The van der Waals surface area contributed by atoms with Crippen LogP contribution in [0.25, 0.3) is 11.1 Å². The normalized spacial score (nSPS) is 10.3. The van der Waals surface area contributed by atoms with E-state index >= 15 is 0 Å². The van der Waals surface area contributed by atoms with E-state index in [0.717, 1.165) is 22.3 Å². The number of hydrogen-bond acceptors (Lipinski definition) is 4. The van der Waals surface area contributed by atoms with Crippen molar-refractivity contribution in [3.63, 3.8) is 0 Å². The Morgan fingerprint density at radius 3 is 2.37 bits per heavy atom. The summed E-state index contributed by atoms with van der Waals surface area (Å²) in [6, 6.07) is 13.3. The van der Waals surface area contributed by atoms with Crippen molar-refractivity contribution in [2.75, 3.05) is 0 Å². The third-order valence-electron chi connectivity index (χ3n) is 2.95. The molecule has 0 aliphatic heterocycles. The van der Waals surface area contributed by atoms with Gasteiger partial charge in [-0.25, -0.2) is 0 Å². The lowest BCUT2D eigenvalue weighted by molar-refractivity contribution is 0.288. The maximum absolute atomic E-state index is 8.82. The van der Waals surface area contributed by atoms with E-state index in [-0.39, 0.29) is 0 Å². The summed E-state index contributed by atoms with van der Waals surface area (Å²) in [5.41, 5.74) is 9.75. The molecule has 0 atom stereocenters. The number of aryl methyl sites for hydroxylation is 1. The fraction of sp³-hybridized carbons (Fsp3) is 0.143. The molecule has 0 aliphatic rings. The highest BCUT2D eigenvalue weighted by Gasteiger charge is 2.12. The lowest BCUT2D eigenvalue weighted by Crippen LogP contribution is -2.20. The van der Waals surface area contributed by atoms with E-state index in [4.69, 9.17) is 20.4 Å². The molecule has 0 amide bonds. The van der Waals surface area contributed by atoms with Gasteiger partial charge < -0.3 is 20.4 Å². The van der Waals surface area contributed by atoms with Crippen molar-refractivity contribution in [1.29, 1.82) is 0 Å². The van der Waals surface area contributed by atoms with Crippen LogP contribution in [0.15, 0.2) is 42.5 Å². The number of nitrogens with two attached hydrogens (primary N) is 1. The van der Waals surface area contributed by atoms with Crippen LogP contribution in [0.1, 0.15) is 11.1 Å². The number of hydrogen-bond donors (Lipinski definition) is 3. The molecular formula is C14H16BNO3. The minimum atomic E-state index is -1.81. The molecule has 0 unspecified atom stereocenters. The van der Waals surface area contributed by atoms with Crippen LogP contribution in [0.4, 0.5) is 0 Å². The van der Waals surface area contributed by atoms with Crippen LogP contribution < -0.4 is 10.4 Å². The smallest absolute Gasteiger partial charge is 0.512 e. The fourth-order valence-corrected chi connectivity index (χ4v) is 1.93. The molecule has 0 fully saturated rings. The Kier molecular flexibility index (Phi) is 4.22. The van der Waals surface area contributed by atoms with Gasteiger partial charge in [-0.1, -0.05) is 30.3 Å². The standard InChI is InChI=1S/C14H16BNO3/c1-10-2-7-13(19-15(17)18)8-14(10)12-5-3-11(9-16)4-6-12/h2-8,17-18H,9,16H2,1H3. The largest absolute Gasteiger partial charge is 0.707 e. The van der Waals surface area contributed by atoms with Crippen molar-refractivity contribution in [1.82, 2.24) is 0 Å². The average molecular weight is 257 g/mol. The van der Waals surface area contributed by atoms with Crippen molar-refractivity contribution < 1.29 is 14.7 Å². The molecule has 98 valence electrons. The third kappa shape index (κ3) is 3.35. The first-order valence-corrected chi connectivity index (χ1v) is 6.03. The quantitative estimate of drug-likeness (QED) is 0.725. The van der Waals surface area contributed by atoms with Gasteiger partial charge in [0, 0.05) is 6.54 Å². The molecule has 2 rings (SSSR count). The topological polar surface area (TPSA) is 75.7 Å². The highest BCUT2D eigenvalue weighted by atomic mass is 16.6. The van der Waals surface area contributed by atoms with Gasteiger partial charge >= 0.3 is 7.32 Å². The van der Waals surface area contributed by atoms with Gasteiger partial charge in [0.05, 0.1) is 0 Å². The van der Waals surface area contributed by atoms with Gasteiger partial charge in [0.2, 0.25) is 0 Å². The van der Waals surface area contributed by atoms with Crippen LogP contribution >= 0.6 is 0 Å². The molecule has 0 aliphatic carbocycles. The molecule has 2 aromatic rings. The summed E-state index contributed by atoms with van der Waals surface area (Å²) in [5.74, 6) is 0.415. The Bertz CT molecular complexity index is 555. The van der Waals surface area contributed by atoms with Crippen molar-refractivity contribution in [2.24, 2.45) is 5.73 Å². The minimum Gasteiger partial charge on any atom is -0.512 e. The molecule has 5 heteroatoms. The summed E-state index contributed by atoms with van der Waals surface area (Å²) < 4.78 is 4.87. The summed E-state index contributed by atoms with van der Waals surface area (Å²) in [4.78, 5) is 0. The van der Waals surface area contributed by atoms with Crippen LogP contribution in [-0.4, -0.2) is 17.4 Å². The molecule has 0 spiro atoms. The van der Waals surface area contributed by atoms with Gasteiger partial charge in [-0.15, -0.1) is 0 Å². The van der Waals surface area contributed by atoms with Gasteiger partial charge in [0.25, 0.3) is 0 Å². The molecule has 4 nitrogen and oxygen atoms in total. The van der Waals surface area contributed by atoms with Crippen LogP contribution in [0.2, 0.25) is 0 Å². The lowest BCUT2D eigenvalue weighted by atomic mass is 9.99. The first kappa shape index (κ1) is 13.6. The zero-order valence-electron chi connectivity index (χ0n) is 10.7. The second-order valence-corrected chi connectivity index (χ2v) is 4.32. The van der Waals surface area contributed by atoms with E-state index < -0.39 is 7.32 Å². The zero-order valence-corrected chi connectivity index (χ0v) is 10.7. The maximum Gasteiger partial charge on any atom is 0.707 e. The molecule has 0 bridgehead atoms. The summed E-state index contributed by atoms with van der Waals surface area (Å²) >= 11 is 0. The van der Waals surface area contributed by atoms with E-state index in [9.17, 15) is 0 Å². The van der Waals surface area contributed by atoms with Gasteiger partial charge in [-0.3, -0.25) is 0 Å². The molecule has 0 saturated heterocycles. The van der Waals surface area contributed by atoms with Gasteiger partial charge in [0.1, 0.15) is 5.75 Å². The van der Waals surface area contributed by atoms with E-state index in [1.807, 2.05) is 37.3 Å². The van der Waals surface area contributed by atoms with Crippen LogP contribution in [0.5, 0.6) is 5.75 Å².